The summed E-state index contributed by atoms with van der Waals surface area (Å²) in [6, 6.07) is 5.34. The van der Waals surface area contributed by atoms with Crippen LogP contribution in [0.1, 0.15) is 18.2 Å². The van der Waals surface area contributed by atoms with Crippen molar-refractivity contribution < 1.29 is 13.2 Å². The number of H-pyrrole nitrogens is 1. The molecule has 19 heavy (non-hydrogen) atoms. The maximum atomic E-state index is 13.0. The molecule has 0 aliphatic carbocycles. The standard InChI is InChI=1S/C12H9ClF3IN2/c1-2-6-3-4-7(17)5-8(6)9-10(12(14,15)16)18-19-11(9)13/h3-5H,2H2,1H3,(H,18,19). The number of hydrogen-bond donors (Lipinski definition) is 1. The summed E-state index contributed by atoms with van der Waals surface area (Å²) in [5.41, 5.74) is 0.286. The number of halogens is 5. The minimum Gasteiger partial charge on any atom is -0.272 e. The van der Waals surface area contributed by atoms with E-state index in [1.807, 2.05) is 18.1 Å². The number of alkyl halides is 3. The summed E-state index contributed by atoms with van der Waals surface area (Å²) in [7, 11) is 0. The van der Waals surface area contributed by atoms with Gasteiger partial charge in [0.15, 0.2) is 5.15 Å². The van der Waals surface area contributed by atoms with Crippen molar-refractivity contribution in [3.8, 4) is 11.1 Å². The van der Waals surface area contributed by atoms with Crippen LogP contribution in [0.5, 0.6) is 0 Å². The first-order valence-corrected chi connectivity index (χ1v) is 6.90. The fraction of sp³-hybridized carbons (Fsp3) is 0.250. The van der Waals surface area contributed by atoms with Crippen LogP contribution in [-0.2, 0) is 12.6 Å². The molecule has 1 aromatic heterocycles. The molecule has 102 valence electrons. The van der Waals surface area contributed by atoms with Gasteiger partial charge in [-0.1, -0.05) is 24.6 Å². The van der Waals surface area contributed by atoms with E-state index in [-0.39, 0.29) is 10.7 Å². The van der Waals surface area contributed by atoms with E-state index in [0.717, 1.165) is 9.13 Å². The van der Waals surface area contributed by atoms with E-state index in [9.17, 15) is 13.2 Å². The van der Waals surface area contributed by atoms with Gasteiger partial charge in [0, 0.05) is 3.57 Å². The maximum absolute atomic E-state index is 13.0. The van der Waals surface area contributed by atoms with Crippen molar-refractivity contribution >= 4 is 34.2 Å². The van der Waals surface area contributed by atoms with Gasteiger partial charge in [0.05, 0.1) is 5.56 Å². The Labute approximate surface area is 126 Å². The minimum absolute atomic E-state index is 0.0791. The van der Waals surface area contributed by atoms with Crippen LogP contribution in [0.3, 0.4) is 0 Å². The Morgan fingerprint density at radius 3 is 2.63 bits per heavy atom. The maximum Gasteiger partial charge on any atom is 0.433 e. The van der Waals surface area contributed by atoms with Gasteiger partial charge in [0.1, 0.15) is 5.69 Å². The Kier molecular flexibility index (Phi) is 4.10. The lowest BCUT2D eigenvalue weighted by Crippen LogP contribution is -2.08. The number of aromatic nitrogens is 2. The van der Waals surface area contributed by atoms with Crippen molar-refractivity contribution in [1.82, 2.24) is 10.2 Å². The Hall–Kier alpha value is -0.760. The van der Waals surface area contributed by atoms with Gasteiger partial charge in [-0.3, -0.25) is 5.10 Å². The summed E-state index contributed by atoms with van der Waals surface area (Å²) in [6.45, 7) is 1.88. The topological polar surface area (TPSA) is 28.7 Å². The van der Waals surface area contributed by atoms with E-state index in [1.54, 1.807) is 12.1 Å². The second-order valence-corrected chi connectivity index (χ2v) is 5.52. The number of nitrogens with one attached hydrogen (secondary N) is 1. The predicted octanol–water partition coefficient (Wildman–Crippen LogP) is 4.92. The molecule has 0 aliphatic heterocycles. The third-order valence-electron chi connectivity index (χ3n) is 2.73. The highest BCUT2D eigenvalue weighted by molar-refractivity contribution is 14.1. The summed E-state index contributed by atoms with van der Waals surface area (Å²) < 4.78 is 39.7. The molecule has 2 rings (SSSR count). The number of aromatic amines is 1. The van der Waals surface area contributed by atoms with E-state index >= 15 is 0 Å². The van der Waals surface area contributed by atoms with E-state index in [4.69, 9.17) is 11.6 Å². The first-order chi connectivity index (χ1) is 8.84. The Morgan fingerprint density at radius 1 is 1.37 bits per heavy atom. The van der Waals surface area contributed by atoms with Crippen molar-refractivity contribution in [3.05, 3.63) is 38.2 Å². The van der Waals surface area contributed by atoms with Gasteiger partial charge in [-0.2, -0.15) is 18.3 Å². The smallest absolute Gasteiger partial charge is 0.272 e. The fourth-order valence-electron chi connectivity index (χ4n) is 1.86. The van der Waals surface area contributed by atoms with Crippen molar-refractivity contribution in [2.75, 3.05) is 0 Å². The molecule has 1 N–H and O–H groups in total. The first kappa shape index (κ1) is 14.6. The van der Waals surface area contributed by atoms with Gasteiger partial charge in [0.25, 0.3) is 0 Å². The number of benzene rings is 1. The van der Waals surface area contributed by atoms with Gasteiger partial charge in [-0.05, 0) is 52.3 Å². The molecule has 0 atom stereocenters. The van der Waals surface area contributed by atoms with E-state index in [1.165, 1.54) is 0 Å². The molecule has 2 nitrogen and oxygen atoms in total. The van der Waals surface area contributed by atoms with Gasteiger partial charge in [0.2, 0.25) is 0 Å². The lowest BCUT2D eigenvalue weighted by atomic mass is 9.98. The summed E-state index contributed by atoms with van der Waals surface area (Å²) in [6.07, 6.45) is -3.90. The van der Waals surface area contributed by atoms with Crippen LogP contribution in [0.25, 0.3) is 11.1 Å². The Morgan fingerprint density at radius 2 is 2.05 bits per heavy atom. The largest absolute Gasteiger partial charge is 0.433 e. The van der Waals surface area contributed by atoms with Gasteiger partial charge in [-0.25, -0.2) is 0 Å². The van der Waals surface area contributed by atoms with Crippen molar-refractivity contribution in [2.45, 2.75) is 19.5 Å². The van der Waals surface area contributed by atoms with Crippen LogP contribution in [0.2, 0.25) is 5.15 Å². The zero-order valence-electron chi connectivity index (χ0n) is 9.78. The zero-order valence-corrected chi connectivity index (χ0v) is 12.7. The van der Waals surface area contributed by atoms with Crippen LogP contribution in [-0.4, -0.2) is 10.2 Å². The second kappa shape index (κ2) is 5.32. The van der Waals surface area contributed by atoms with E-state index in [2.05, 4.69) is 27.7 Å². The molecule has 0 fully saturated rings. The average Bonchev–Trinajstić information content (AvgIpc) is 2.70. The summed E-state index contributed by atoms with van der Waals surface area (Å²) in [5, 5.41) is 5.29. The van der Waals surface area contributed by atoms with Crippen molar-refractivity contribution in [1.29, 1.82) is 0 Å². The third kappa shape index (κ3) is 2.89. The van der Waals surface area contributed by atoms with Gasteiger partial charge >= 0.3 is 6.18 Å². The van der Waals surface area contributed by atoms with Crippen LogP contribution in [0.15, 0.2) is 18.2 Å². The predicted molar refractivity (Wildman–Crippen MR) is 76.1 cm³/mol. The van der Waals surface area contributed by atoms with Crippen LogP contribution in [0, 0.1) is 3.57 Å². The number of nitrogens with zero attached hydrogens (tertiary/aromatic N) is 1. The third-order valence-corrected chi connectivity index (χ3v) is 3.67. The van der Waals surface area contributed by atoms with Crippen molar-refractivity contribution in [3.63, 3.8) is 0 Å². The molecule has 0 amide bonds. The molecule has 0 spiro atoms. The molecule has 0 unspecified atom stereocenters. The highest BCUT2D eigenvalue weighted by Crippen LogP contribution is 2.40. The highest BCUT2D eigenvalue weighted by Gasteiger charge is 2.38. The second-order valence-electron chi connectivity index (χ2n) is 3.92. The Bertz CT molecular complexity index is 608. The normalized spacial score (nSPS) is 11.9. The molecule has 0 saturated heterocycles. The number of aryl methyl sites for hydroxylation is 1. The first-order valence-electron chi connectivity index (χ1n) is 5.44. The molecule has 7 heteroatoms. The molecule has 0 aliphatic rings. The quantitative estimate of drug-likeness (QED) is 0.713. The molecule has 0 radical (unpaired) electrons. The molecule has 0 saturated carbocycles. The lowest BCUT2D eigenvalue weighted by Gasteiger charge is -2.11. The molecule has 1 aromatic carbocycles. The van der Waals surface area contributed by atoms with Crippen LogP contribution in [0.4, 0.5) is 13.2 Å². The fourth-order valence-corrected chi connectivity index (χ4v) is 2.59. The monoisotopic (exact) mass is 400 g/mol. The zero-order chi connectivity index (χ0) is 14.2. The lowest BCUT2D eigenvalue weighted by molar-refractivity contribution is -0.140. The SMILES string of the molecule is CCc1ccc(I)cc1-c1c(Cl)n[nH]c1C(F)(F)F. The average molecular weight is 401 g/mol. The number of hydrogen-bond acceptors (Lipinski definition) is 1. The number of rotatable bonds is 2. The van der Waals surface area contributed by atoms with Crippen molar-refractivity contribution in [2.24, 2.45) is 0 Å². The van der Waals surface area contributed by atoms with Crippen LogP contribution < -0.4 is 0 Å². The van der Waals surface area contributed by atoms with E-state index in [0.29, 0.717) is 12.0 Å². The molecule has 0 bridgehead atoms. The minimum atomic E-state index is -4.51. The van der Waals surface area contributed by atoms with Gasteiger partial charge in [-0.15, -0.1) is 0 Å². The summed E-state index contributed by atoms with van der Waals surface area (Å²) >= 11 is 7.87. The highest BCUT2D eigenvalue weighted by atomic mass is 127. The molecule has 1 heterocycles. The molecular weight excluding hydrogens is 391 g/mol. The van der Waals surface area contributed by atoms with E-state index < -0.39 is 11.9 Å². The molecule has 2 aromatic rings. The summed E-state index contributed by atoms with van der Waals surface area (Å²) in [4.78, 5) is 0. The summed E-state index contributed by atoms with van der Waals surface area (Å²) in [5.74, 6) is 0. The van der Waals surface area contributed by atoms with Gasteiger partial charge < -0.3 is 0 Å². The Balaban J connectivity index is 2.72. The molecular formula is C12H9ClF3IN2. The van der Waals surface area contributed by atoms with Crippen LogP contribution >= 0.6 is 34.2 Å².